The highest BCUT2D eigenvalue weighted by Crippen LogP contribution is 2.08. The number of nitrogens with one attached hydrogen (secondary N) is 2. The molecule has 0 unspecified atom stereocenters. The van der Waals surface area contributed by atoms with E-state index in [1.54, 1.807) is 10.7 Å². The van der Waals surface area contributed by atoms with Crippen molar-refractivity contribution in [1.82, 2.24) is 25.0 Å². The van der Waals surface area contributed by atoms with E-state index in [4.69, 9.17) is 0 Å². The molecule has 1 amide bonds. The zero-order chi connectivity index (χ0) is 13.1. The van der Waals surface area contributed by atoms with E-state index in [9.17, 15) is 4.79 Å². The molecule has 18 heavy (non-hydrogen) atoms. The number of carbonyl (C=O) groups is 1. The van der Waals surface area contributed by atoms with E-state index >= 15 is 0 Å². The Morgan fingerprint density at radius 2 is 2.33 bits per heavy atom. The van der Waals surface area contributed by atoms with Gasteiger partial charge in [-0.3, -0.25) is 14.6 Å². The van der Waals surface area contributed by atoms with Crippen LogP contribution in [0.3, 0.4) is 0 Å². The van der Waals surface area contributed by atoms with Crippen LogP contribution in [0.4, 0.5) is 5.82 Å². The van der Waals surface area contributed by atoms with Crippen molar-refractivity contribution < 1.29 is 4.79 Å². The summed E-state index contributed by atoms with van der Waals surface area (Å²) in [5.41, 5.74) is 0.965. The normalized spacial score (nSPS) is 10.6. The van der Waals surface area contributed by atoms with Crippen molar-refractivity contribution in [2.75, 3.05) is 5.32 Å². The van der Waals surface area contributed by atoms with Gasteiger partial charge in [-0.1, -0.05) is 6.92 Å². The molecule has 0 aromatic carbocycles. The molecule has 0 fully saturated rings. The van der Waals surface area contributed by atoms with E-state index in [1.807, 2.05) is 20.9 Å². The molecule has 0 radical (unpaired) electrons. The molecule has 0 aliphatic carbocycles. The average molecular weight is 248 g/mol. The third-order valence-corrected chi connectivity index (χ3v) is 2.58. The Morgan fingerprint density at radius 1 is 1.56 bits per heavy atom. The van der Waals surface area contributed by atoms with Gasteiger partial charge in [0.15, 0.2) is 5.82 Å². The Kier molecular flexibility index (Phi) is 3.40. The first-order valence-corrected chi connectivity index (χ1v) is 5.83. The fourth-order valence-corrected chi connectivity index (χ4v) is 1.54. The minimum absolute atomic E-state index is 0.141. The lowest BCUT2D eigenvalue weighted by atomic mass is 10.3. The fraction of sp³-hybridized carbons (Fsp3) is 0.455. The van der Waals surface area contributed by atoms with Crippen LogP contribution in [0.2, 0.25) is 0 Å². The van der Waals surface area contributed by atoms with Gasteiger partial charge in [-0.2, -0.15) is 5.10 Å². The van der Waals surface area contributed by atoms with Crippen LogP contribution >= 0.6 is 0 Å². The quantitative estimate of drug-likeness (QED) is 0.846. The summed E-state index contributed by atoms with van der Waals surface area (Å²) >= 11 is 0. The van der Waals surface area contributed by atoms with Gasteiger partial charge in [-0.15, -0.1) is 5.10 Å². The molecule has 0 bridgehead atoms. The summed E-state index contributed by atoms with van der Waals surface area (Å²) in [7, 11) is 1.82. The standard InChI is InChI=1S/C11H16N6O/c1-4-5-8-12-10(15-14-8)11(18)13-9-6-7(2)17(3)16-9/h6H,4-5H2,1-3H3,(H,12,14,15)(H,13,16,18). The molecule has 7 nitrogen and oxygen atoms in total. The minimum atomic E-state index is -0.355. The third kappa shape index (κ3) is 2.55. The van der Waals surface area contributed by atoms with Gasteiger partial charge in [0, 0.05) is 25.2 Å². The molecule has 2 rings (SSSR count). The number of H-pyrrole nitrogens is 1. The first kappa shape index (κ1) is 12.3. The number of aryl methyl sites for hydroxylation is 3. The first-order valence-electron chi connectivity index (χ1n) is 5.83. The second-order valence-electron chi connectivity index (χ2n) is 4.10. The predicted molar refractivity (Wildman–Crippen MR) is 66.3 cm³/mol. The molecule has 2 N–H and O–H groups in total. The van der Waals surface area contributed by atoms with Crippen LogP contribution in [0.1, 0.15) is 35.5 Å². The molecule has 2 heterocycles. The van der Waals surface area contributed by atoms with Gasteiger partial charge in [-0.05, 0) is 13.3 Å². The van der Waals surface area contributed by atoms with Gasteiger partial charge in [0.25, 0.3) is 5.91 Å². The first-order chi connectivity index (χ1) is 8.60. The second-order valence-corrected chi connectivity index (χ2v) is 4.10. The summed E-state index contributed by atoms with van der Waals surface area (Å²) in [6.45, 7) is 3.95. The average Bonchev–Trinajstić information content (AvgIpc) is 2.88. The molecule has 7 heteroatoms. The lowest BCUT2D eigenvalue weighted by Crippen LogP contribution is -2.14. The van der Waals surface area contributed by atoms with Gasteiger partial charge in [0.05, 0.1) is 0 Å². The van der Waals surface area contributed by atoms with E-state index in [2.05, 4.69) is 25.6 Å². The topological polar surface area (TPSA) is 88.5 Å². The SMILES string of the molecule is CCCc1nc(C(=O)Nc2cc(C)n(C)n2)n[nH]1. The zero-order valence-corrected chi connectivity index (χ0v) is 10.7. The van der Waals surface area contributed by atoms with E-state index in [0.29, 0.717) is 5.82 Å². The van der Waals surface area contributed by atoms with Gasteiger partial charge in [-0.25, -0.2) is 4.98 Å². The molecule has 0 aliphatic rings. The number of rotatable bonds is 4. The predicted octanol–water partition coefficient (Wildman–Crippen LogP) is 1.05. The van der Waals surface area contributed by atoms with Crippen LogP contribution in [0.25, 0.3) is 0 Å². The van der Waals surface area contributed by atoms with Crippen molar-refractivity contribution in [3.63, 3.8) is 0 Å². The molecular weight excluding hydrogens is 232 g/mol. The van der Waals surface area contributed by atoms with Gasteiger partial charge >= 0.3 is 0 Å². The molecule has 0 aliphatic heterocycles. The molecule has 0 spiro atoms. The van der Waals surface area contributed by atoms with Gasteiger partial charge in [0.2, 0.25) is 5.82 Å². The minimum Gasteiger partial charge on any atom is -0.302 e. The van der Waals surface area contributed by atoms with Crippen molar-refractivity contribution in [2.45, 2.75) is 26.7 Å². The smallest absolute Gasteiger partial charge is 0.296 e. The number of aromatic amines is 1. The highest BCUT2D eigenvalue weighted by molar-refractivity contribution is 6.00. The fourth-order valence-electron chi connectivity index (χ4n) is 1.54. The number of carbonyl (C=O) groups excluding carboxylic acids is 1. The summed E-state index contributed by atoms with van der Waals surface area (Å²) in [4.78, 5) is 16.0. The number of amides is 1. The van der Waals surface area contributed by atoms with Crippen molar-refractivity contribution in [3.05, 3.63) is 23.4 Å². The summed E-state index contributed by atoms with van der Waals surface area (Å²) in [6.07, 6.45) is 1.73. The Morgan fingerprint density at radius 3 is 2.94 bits per heavy atom. The van der Waals surface area contributed by atoms with Crippen molar-refractivity contribution >= 4 is 11.7 Å². The lowest BCUT2D eigenvalue weighted by Gasteiger charge is -1.96. The molecule has 0 saturated heterocycles. The summed E-state index contributed by atoms with van der Waals surface area (Å²) in [6, 6.07) is 1.79. The summed E-state index contributed by atoms with van der Waals surface area (Å²) in [5.74, 6) is 1.01. The van der Waals surface area contributed by atoms with Crippen LogP contribution in [-0.2, 0) is 13.5 Å². The number of anilines is 1. The van der Waals surface area contributed by atoms with Gasteiger partial charge in [0.1, 0.15) is 5.82 Å². The Labute approximate surface area is 105 Å². The Balaban J connectivity index is 2.06. The largest absolute Gasteiger partial charge is 0.302 e. The number of hydrogen-bond donors (Lipinski definition) is 2. The molecule has 96 valence electrons. The third-order valence-electron chi connectivity index (χ3n) is 2.58. The molecule has 0 saturated carbocycles. The van der Waals surface area contributed by atoms with E-state index in [-0.39, 0.29) is 11.7 Å². The number of nitrogens with zero attached hydrogens (tertiary/aromatic N) is 4. The molecule has 2 aromatic rings. The van der Waals surface area contributed by atoms with Crippen LogP contribution in [-0.4, -0.2) is 30.9 Å². The highest BCUT2D eigenvalue weighted by atomic mass is 16.2. The van der Waals surface area contributed by atoms with Crippen LogP contribution in [0.5, 0.6) is 0 Å². The molecule has 2 aromatic heterocycles. The number of aromatic nitrogens is 5. The van der Waals surface area contributed by atoms with Crippen molar-refractivity contribution in [3.8, 4) is 0 Å². The zero-order valence-electron chi connectivity index (χ0n) is 10.7. The molecular formula is C11H16N6O. The Hall–Kier alpha value is -2.18. The maximum atomic E-state index is 11.8. The second kappa shape index (κ2) is 4.99. The monoisotopic (exact) mass is 248 g/mol. The van der Waals surface area contributed by atoms with E-state index in [1.165, 1.54) is 0 Å². The van der Waals surface area contributed by atoms with Crippen LogP contribution in [0, 0.1) is 6.92 Å². The van der Waals surface area contributed by atoms with Gasteiger partial charge < -0.3 is 5.32 Å². The van der Waals surface area contributed by atoms with Crippen LogP contribution < -0.4 is 5.32 Å². The summed E-state index contributed by atoms with van der Waals surface area (Å²) < 4.78 is 1.69. The molecule has 0 atom stereocenters. The van der Waals surface area contributed by atoms with Crippen molar-refractivity contribution in [1.29, 1.82) is 0 Å². The Bertz CT molecular complexity index is 536. The van der Waals surface area contributed by atoms with Crippen molar-refractivity contribution in [2.24, 2.45) is 7.05 Å². The van der Waals surface area contributed by atoms with Crippen LogP contribution in [0.15, 0.2) is 6.07 Å². The highest BCUT2D eigenvalue weighted by Gasteiger charge is 2.14. The number of hydrogen-bond acceptors (Lipinski definition) is 4. The van der Waals surface area contributed by atoms with E-state index < -0.39 is 0 Å². The van der Waals surface area contributed by atoms with E-state index in [0.717, 1.165) is 24.4 Å². The maximum Gasteiger partial charge on any atom is 0.296 e. The summed E-state index contributed by atoms with van der Waals surface area (Å²) in [5, 5.41) is 13.4. The maximum absolute atomic E-state index is 11.8. The lowest BCUT2D eigenvalue weighted by molar-refractivity contribution is 0.101.